The molecule has 0 spiro atoms. The minimum atomic E-state index is -4.76. The molecule has 4 heterocycles. The van der Waals surface area contributed by atoms with E-state index in [9.17, 15) is 22.8 Å². The first kappa shape index (κ1) is 26.9. The van der Waals surface area contributed by atoms with E-state index in [-0.39, 0.29) is 37.6 Å². The number of fused-ring (bicyclic) bond motifs is 1. The minimum absolute atomic E-state index is 0.0572. The molecule has 6 rings (SSSR count). The Morgan fingerprint density at radius 2 is 1.80 bits per heavy atom. The van der Waals surface area contributed by atoms with E-state index in [1.165, 1.54) is 34.3 Å². The van der Waals surface area contributed by atoms with Gasteiger partial charge in [-0.2, -0.15) is 18.1 Å². The molecule has 212 valence electrons. The Hall–Kier alpha value is -4.32. The Morgan fingerprint density at radius 1 is 1.10 bits per heavy atom. The molecule has 3 aromatic rings. The lowest BCUT2D eigenvalue weighted by molar-refractivity contribution is -0.542. The molecule has 12 heteroatoms. The summed E-state index contributed by atoms with van der Waals surface area (Å²) in [6.45, 7) is 0.603. The monoisotopic (exact) mass is 565 g/mol. The number of nitrogens with one attached hydrogen (secondary N) is 1. The van der Waals surface area contributed by atoms with E-state index in [1.54, 1.807) is 0 Å². The van der Waals surface area contributed by atoms with Crippen LogP contribution in [0.3, 0.4) is 0 Å². The molecule has 9 nitrogen and oxygen atoms in total. The van der Waals surface area contributed by atoms with Crippen LogP contribution < -0.4 is 10.7 Å². The van der Waals surface area contributed by atoms with Crippen molar-refractivity contribution < 1.29 is 32.5 Å². The zero-order valence-corrected chi connectivity index (χ0v) is 22.0. The van der Waals surface area contributed by atoms with Gasteiger partial charge in [-0.25, -0.2) is 0 Å². The molecule has 0 radical (unpaired) electrons. The van der Waals surface area contributed by atoms with Gasteiger partial charge in [0.1, 0.15) is 6.54 Å². The van der Waals surface area contributed by atoms with Crippen LogP contribution in [-0.2, 0) is 40.9 Å². The topological polar surface area (TPSA) is 116 Å². The number of ether oxygens (including phenoxy) is 1. The third kappa shape index (κ3) is 4.92. The first-order valence-corrected chi connectivity index (χ1v) is 13.3. The van der Waals surface area contributed by atoms with Crippen LogP contribution in [0.2, 0.25) is 0 Å². The lowest BCUT2D eigenvalue weighted by Gasteiger charge is -2.26. The Labute approximate surface area is 233 Å². The van der Waals surface area contributed by atoms with Crippen LogP contribution in [0.15, 0.2) is 60.9 Å². The van der Waals surface area contributed by atoms with Gasteiger partial charge in [0.2, 0.25) is 5.54 Å². The van der Waals surface area contributed by atoms with Crippen LogP contribution in [0.4, 0.5) is 13.2 Å². The van der Waals surface area contributed by atoms with E-state index in [2.05, 4.69) is 15.0 Å². The number of hydrogen-bond acceptors (Lipinski definition) is 6. The van der Waals surface area contributed by atoms with Gasteiger partial charge in [0.05, 0.1) is 41.7 Å². The van der Waals surface area contributed by atoms with Gasteiger partial charge in [-0.05, 0) is 30.5 Å². The molecule has 0 saturated carbocycles. The molecular weight excluding hydrogens is 537 g/mol. The highest BCUT2D eigenvalue weighted by molar-refractivity contribution is 6.02. The van der Waals surface area contributed by atoms with E-state index < -0.39 is 28.7 Å². The summed E-state index contributed by atoms with van der Waals surface area (Å²) in [5, 5.41) is 0. The Balaban J connectivity index is 1.31. The summed E-state index contributed by atoms with van der Waals surface area (Å²) in [6, 6.07) is 12.5. The summed E-state index contributed by atoms with van der Waals surface area (Å²) in [7, 11) is 0. The van der Waals surface area contributed by atoms with Crippen LogP contribution in [0, 0.1) is 0 Å². The average Bonchev–Trinajstić information content (AvgIpc) is 3.69. The fraction of sp³-hybridized carbons (Fsp3) is 0.345. The third-order valence-corrected chi connectivity index (χ3v) is 7.86. The molecule has 41 heavy (non-hydrogen) atoms. The molecule has 2 atom stereocenters. The van der Waals surface area contributed by atoms with Gasteiger partial charge < -0.3 is 9.64 Å². The molecule has 0 bridgehead atoms. The third-order valence-electron chi connectivity index (χ3n) is 7.86. The zero-order chi connectivity index (χ0) is 28.8. The van der Waals surface area contributed by atoms with Gasteiger partial charge in [-0.1, -0.05) is 36.4 Å². The van der Waals surface area contributed by atoms with Crippen molar-refractivity contribution in [2.75, 3.05) is 6.61 Å². The number of nitrogens with zero attached hydrogens (tertiary/aromatic N) is 4. The number of amides is 2. The molecule has 2 amide bonds. The van der Waals surface area contributed by atoms with Crippen LogP contribution in [0.5, 0.6) is 0 Å². The fourth-order valence-electron chi connectivity index (χ4n) is 5.85. The molecule has 0 aliphatic carbocycles. The lowest BCUT2D eigenvalue weighted by atomic mass is 9.84. The van der Waals surface area contributed by atoms with Crippen molar-refractivity contribution in [3.63, 3.8) is 0 Å². The zero-order valence-electron chi connectivity index (χ0n) is 22.0. The summed E-state index contributed by atoms with van der Waals surface area (Å²) in [4.78, 5) is 41.6. The van der Waals surface area contributed by atoms with Crippen molar-refractivity contribution in [1.82, 2.24) is 19.8 Å². The second-order valence-corrected chi connectivity index (χ2v) is 10.5. The van der Waals surface area contributed by atoms with E-state index in [0.29, 0.717) is 35.5 Å². The smallest absolute Gasteiger partial charge is 0.378 e. The number of hydrogen-bond donors (Lipinski definition) is 2. The van der Waals surface area contributed by atoms with Gasteiger partial charge in [-0.15, -0.1) is 0 Å². The Morgan fingerprint density at radius 3 is 2.44 bits per heavy atom. The number of aromatic nitrogens is 2. The second kappa shape index (κ2) is 10.3. The minimum Gasteiger partial charge on any atom is -0.378 e. The van der Waals surface area contributed by atoms with Crippen molar-refractivity contribution >= 4 is 17.8 Å². The highest BCUT2D eigenvalue weighted by Crippen LogP contribution is 2.35. The number of benzene rings is 2. The molecule has 1 fully saturated rings. The lowest BCUT2D eigenvalue weighted by Crippen LogP contribution is -2.85. The molecule has 1 aromatic heterocycles. The maximum absolute atomic E-state index is 14.0. The van der Waals surface area contributed by atoms with Crippen molar-refractivity contribution in [1.29, 1.82) is 0 Å². The normalized spacial score (nSPS) is 22.3. The van der Waals surface area contributed by atoms with Gasteiger partial charge >= 0.3 is 18.0 Å². The van der Waals surface area contributed by atoms with Gasteiger partial charge in [0.15, 0.2) is 0 Å². The SMILES string of the molecule is NC1=[NH+]C(C[C@@H]2CCCO2)(c2ccccc2)C(=O)N1Cc1ccc(C(F)(F)F)c(C(=O)N2Cc3nccnc3C2)c1. The molecule has 1 saturated heterocycles. The molecule has 3 aliphatic heterocycles. The summed E-state index contributed by atoms with van der Waals surface area (Å²) in [5.41, 5.74) is 5.74. The number of rotatable bonds is 6. The highest BCUT2D eigenvalue weighted by Gasteiger charge is 2.55. The first-order valence-electron chi connectivity index (χ1n) is 13.3. The number of alkyl halides is 3. The van der Waals surface area contributed by atoms with E-state index in [0.717, 1.165) is 18.9 Å². The summed E-state index contributed by atoms with van der Waals surface area (Å²) in [6.07, 6.45) is 0.0924. The van der Waals surface area contributed by atoms with Crippen molar-refractivity contribution in [3.8, 4) is 0 Å². The van der Waals surface area contributed by atoms with Gasteiger partial charge in [0, 0.05) is 31.0 Å². The summed E-state index contributed by atoms with van der Waals surface area (Å²) in [5.74, 6) is -1.05. The van der Waals surface area contributed by atoms with Crippen LogP contribution in [0.1, 0.15) is 57.7 Å². The molecule has 2 aromatic carbocycles. The highest BCUT2D eigenvalue weighted by atomic mass is 19.4. The number of halogens is 3. The molecular formula is C29H28F3N6O3+. The number of carbonyl (C=O) groups excluding carboxylic acids is 2. The average molecular weight is 566 g/mol. The van der Waals surface area contributed by atoms with Crippen molar-refractivity contribution in [2.45, 2.75) is 56.7 Å². The van der Waals surface area contributed by atoms with Crippen LogP contribution in [0.25, 0.3) is 0 Å². The fourth-order valence-corrected chi connectivity index (χ4v) is 5.85. The number of nitrogens with two attached hydrogens (primary N) is 1. The predicted octanol–water partition coefficient (Wildman–Crippen LogP) is 1.85. The Bertz CT molecular complexity index is 1500. The molecule has 3 aliphatic rings. The molecule has 1 unspecified atom stereocenters. The van der Waals surface area contributed by atoms with Crippen LogP contribution >= 0.6 is 0 Å². The van der Waals surface area contributed by atoms with Gasteiger partial charge in [0.25, 0.3) is 5.91 Å². The quantitative estimate of drug-likeness (QED) is 0.472. The van der Waals surface area contributed by atoms with E-state index in [1.807, 2.05) is 30.3 Å². The number of carbonyl (C=O) groups is 2. The van der Waals surface area contributed by atoms with Crippen molar-refractivity contribution in [2.24, 2.45) is 5.73 Å². The molecule has 3 N–H and O–H groups in total. The van der Waals surface area contributed by atoms with E-state index in [4.69, 9.17) is 10.5 Å². The predicted molar refractivity (Wildman–Crippen MR) is 139 cm³/mol. The standard InChI is InChI=1S/C29H27F3N6O3/c30-29(31,32)22-9-8-18(13-21(22)25(39)37-16-23-24(17-37)35-11-10-34-23)15-38-26(40)28(36-27(38)33,14-20-7-4-12-41-20)19-5-2-1-3-6-19/h1-3,5-6,8-11,13,20H,4,7,12,14-17H2,(H2,33,36)/p+1/t20-,28?/m0/s1. The summed E-state index contributed by atoms with van der Waals surface area (Å²) >= 11 is 0. The Kier molecular flexibility index (Phi) is 6.72. The maximum Gasteiger partial charge on any atom is 0.417 e. The van der Waals surface area contributed by atoms with Crippen molar-refractivity contribution in [3.05, 3.63) is 94.6 Å². The van der Waals surface area contributed by atoms with Gasteiger partial charge in [-0.3, -0.25) is 30.3 Å². The number of guanidine groups is 1. The second-order valence-electron chi connectivity index (χ2n) is 10.5. The van der Waals surface area contributed by atoms with Crippen LogP contribution in [-0.4, -0.2) is 50.3 Å². The van der Waals surface area contributed by atoms with E-state index >= 15 is 0 Å². The summed E-state index contributed by atoms with van der Waals surface area (Å²) < 4.78 is 47.8. The largest absolute Gasteiger partial charge is 0.417 e. The maximum atomic E-state index is 14.0. The first-order chi connectivity index (χ1) is 19.7.